The smallest absolute Gasteiger partial charge is 0.141 e. The first kappa shape index (κ1) is 6.44. The summed E-state index contributed by atoms with van der Waals surface area (Å²) >= 11 is 0. The van der Waals surface area contributed by atoms with E-state index < -0.39 is 43.8 Å². The lowest BCUT2D eigenvalue weighted by molar-refractivity contribution is 0.315. The summed E-state index contributed by atoms with van der Waals surface area (Å²) in [6, 6.07) is -0.335. The van der Waals surface area contributed by atoms with Crippen LogP contribution >= 0.6 is 0 Å². The van der Waals surface area contributed by atoms with E-state index in [1.807, 2.05) is 0 Å². The molecule has 23 heavy (non-hydrogen) atoms. The van der Waals surface area contributed by atoms with Gasteiger partial charge in [0.2, 0.25) is 0 Å². The van der Waals surface area contributed by atoms with Crippen molar-refractivity contribution in [2.45, 2.75) is 37.9 Å². The fourth-order valence-corrected chi connectivity index (χ4v) is 2.39. The summed E-state index contributed by atoms with van der Waals surface area (Å²) in [4.78, 5) is 11.1. The summed E-state index contributed by atoms with van der Waals surface area (Å²) in [5.74, 6) is -2.63. The fraction of sp³-hybridized carbons (Fsp3) is 0.412. The lowest BCUT2D eigenvalue weighted by Gasteiger charge is -2.21. The van der Waals surface area contributed by atoms with Crippen molar-refractivity contribution in [3.05, 3.63) is 31.0 Å². The number of hydrogen-bond acceptors (Lipinski definition) is 4. The second-order valence-electron chi connectivity index (χ2n) is 4.73. The normalized spacial score (nSPS) is 34.5. The molecule has 0 spiro atoms. The minimum atomic E-state index is -3.47. The van der Waals surface area contributed by atoms with Crippen LogP contribution < -0.4 is 0 Å². The maximum Gasteiger partial charge on any atom is 0.141 e. The Hall–Kier alpha value is -2.68. The summed E-state index contributed by atoms with van der Waals surface area (Å²) in [6.07, 6.45) is -12.0. The molecule has 3 heterocycles. The molecule has 1 atom stereocenters. The molecule has 4 rings (SSSR count). The molecule has 6 heteroatoms. The van der Waals surface area contributed by atoms with Crippen molar-refractivity contribution in [3.8, 4) is 17.3 Å². The minimum absolute atomic E-state index is 0.211. The zero-order valence-corrected chi connectivity index (χ0v) is 11.7. The van der Waals surface area contributed by atoms with Gasteiger partial charge >= 0.3 is 0 Å². The number of hydrogen-bond donors (Lipinski definition) is 1. The Balaban J connectivity index is 1.98. The zero-order chi connectivity index (χ0) is 25.5. The molecule has 0 aromatic carbocycles. The van der Waals surface area contributed by atoms with Gasteiger partial charge < -0.3 is 4.98 Å². The molecule has 1 aliphatic carbocycles. The second-order valence-corrected chi connectivity index (χ2v) is 4.73. The molecule has 0 unspecified atom stereocenters. The largest absolute Gasteiger partial charge is 0.346 e. The van der Waals surface area contributed by atoms with Crippen LogP contribution in [-0.2, 0) is 0 Å². The number of nitrogens with zero attached hydrogens (tertiary/aromatic N) is 5. The zero-order valence-electron chi connectivity index (χ0n) is 22.7. The lowest BCUT2D eigenvalue weighted by Crippen LogP contribution is -2.17. The van der Waals surface area contributed by atoms with E-state index in [1.165, 1.54) is 12.4 Å². The van der Waals surface area contributed by atoms with Gasteiger partial charge in [0.15, 0.2) is 0 Å². The van der Waals surface area contributed by atoms with Gasteiger partial charge in [0.05, 0.1) is 31.7 Å². The molecular formula is C17H18N6. The van der Waals surface area contributed by atoms with Crippen molar-refractivity contribution in [2.75, 3.05) is 0 Å². The molecule has 0 bridgehead atoms. The summed E-state index contributed by atoms with van der Waals surface area (Å²) in [6.45, 7) is 0. The van der Waals surface area contributed by atoms with E-state index >= 15 is 0 Å². The van der Waals surface area contributed by atoms with Crippen molar-refractivity contribution in [2.24, 2.45) is 5.92 Å². The van der Waals surface area contributed by atoms with Crippen LogP contribution in [0.4, 0.5) is 0 Å². The standard InChI is InChI=1S/C17H18N6/c18-7-5-15(12-3-1-2-4-12)23-10-13(9-22-23)16-14-6-8-19-17(14)21-11-20-16/h6,8-12,15H,1-5H2,(H,19,20,21)/t15-/m0/s1/i1D2,2D2,3D2,4D2,5D2,15D. The van der Waals surface area contributed by atoms with Crippen molar-refractivity contribution in [3.63, 3.8) is 0 Å². The summed E-state index contributed by atoms with van der Waals surface area (Å²) in [7, 11) is 0. The molecular weight excluding hydrogens is 288 g/mol. The molecule has 1 fully saturated rings. The van der Waals surface area contributed by atoms with Crippen LogP contribution in [0.15, 0.2) is 31.0 Å². The topological polar surface area (TPSA) is 83.2 Å². The number of rotatable bonds is 4. The van der Waals surface area contributed by atoms with Gasteiger partial charge in [-0.1, -0.05) is 12.7 Å². The van der Waals surface area contributed by atoms with Gasteiger partial charge in [0, 0.05) is 37.1 Å². The average Bonchev–Trinajstić information content (AvgIpc) is 3.43. The molecule has 1 N–H and O–H groups in total. The number of aromatic amines is 1. The molecule has 3 aromatic rings. The predicted octanol–water partition coefficient (Wildman–Crippen LogP) is 3.47. The highest BCUT2D eigenvalue weighted by atomic mass is 15.3. The first-order chi connectivity index (χ1) is 15.5. The highest BCUT2D eigenvalue weighted by Gasteiger charge is 2.27. The van der Waals surface area contributed by atoms with Crippen LogP contribution in [0.2, 0.25) is 0 Å². The third-order valence-corrected chi connectivity index (χ3v) is 3.41. The first-order valence-corrected chi connectivity index (χ1v) is 6.73. The van der Waals surface area contributed by atoms with Gasteiger partial charge in [-0.3, -0.25) is 4.68 Å². The molecule has 0 amide bonds. The van der Waals surface area contributed by atoms with Crippen molar-refractivity contribution < 1.29 is 15.1 Å². The van der Waals surface area contributed by atoms with Crippen LogP contribution in [0.5, 0.6) is 0 Å². The van der Waals surface area contributed by atoms with E-state index in [9.17, 15) is 5.26 Å². The maximum absolute atomic E-state index is 9.55. The number of fused-ring (bicyclic) bond motifs is 1. The number of aromatic nitrogens is 5. The van der Waals surface area contributed by atoms with Gasteiger partial charge in [0.25, 0.3) is 0 Å². The summed E-state index contributed by atoms with van der Waals surface area (Å²) in [5, 5.41) is 14.0. The van der Waals surface area contributed by atoms with E-state index in [0.717, 1.165) is 12.4 Å². The van der Waals surface area contributed by atoms with E-state index in [1.54, 1.807) is 12.3 Å². The van der Waals surface area contributed by atoms with Gasteiger partial charge in [-0.15, -0.1) is 0 Å². The molecule has 1 saturated carbocycles. The Morgan fingerprint density at radius 2 is 2.39 bits per heavy atom. The van der Waals surface area contributed by atoms with Gasteiger partial charge in [-0.05, 0) is 24.7 Å². The Morgan fingerprint density at radius 1 is 1.52 bits per heavy atom. The number of nitriles is 1. The quantitative estimate of drug-likeness (QED) is 0.798. The number of H-pyrrole nitrogens is 1. The second kappa shape index (κ2) is 5.84. The average molecular weight is 317 g/mol. The molecule has 116 valence electrons. The fourth-order valence-electron chi connectivity index (χ4n) is 2.39. The van der Waals surface area contributed by atoms with Crippen molar-refractivity contribution >= 4 is 11.0 Å². The van der Waals surface area contributed by atoms with Crippen LogP contribution in [0.1, 0.15) is 53.0 Å². The summed E-state index contributed by atoms with van der Waals surface area (Å²) in [5.41, 5.74) is 0.982. The van der Waals surface area contributed by atoms with E-state index in [4.69, 9.17) is 15.1 Å². The molecule has 6 nitrogen and oxygen atoms in total. The van der Waals surface area contributed by atoms with Crippen molar-refractivity contribution in [1.29, 1.82) is 5.26 Å². The Kier molecular flexibility index (Phi) is 1.64. The molecule has 0 aliphatic heterocycles. The highest BCUT2D eigenvalue weighted by Crippen LogP contribution is 2.36. The summed E-state index contributed by atoms with van der Waals surface area (Å²) < 4.78 is 91.4. The molecule has 0 saturated heterocycles. The van der Waals surface area contributed by atoms with E-state index in [0.29, 0.717) is 21.4 Å². The monoisotopic (exact) mass is 317 g/mol. The Bertz CT molecular complexity index is 1280. The van der Waals surface area contributed by atoms with Crippen molar-refractivity contribution in [1.82, 2.24) is 24.7 Å². The van der Waals surface area contributed by atoms with Gasteiger partial charge in [-0.2, -0.15) is 10.4 Å². The Morgan fingerprint density at radius 3 is 3.22 bits per heavy atom. The molecule has 1 aliphatic rings. The lowest BCUT2D eigenvalue weighted by atomic mass is 9.96. The molecule has 3 aromatic heterocycles. The SMILES string of the molecule is [2H]C1([2H])C([C@@]([2H])(n2cc(-c3ncnc4[nH]ccc34)cn2)C([2H])([2H])C#N)C([2H])([2H])C([2H])([2H])C1([2H])[2H]. The third kappa shape index (κ3) is 2.48. The van der Waals surface area contributed by atoms with Crippen LogP contribution in [-0.4, -0.2) is 24.7 Å². The molecule has 0 radical (unpaired) electrons. The number of nitrogens with one attached hydrogen (secondary N) is 1. The maximum atomic E-state index is 9.55. The van der Waals surface area contributed by atoms with E-state index in [-0.39, 0.29) is 5.56 Å². The highest BCUT2D eigenvalue weighted by molar-refractivity contribution is 5.89. The Labute approximate surface area is 149 Å². The third-order valence-electron chi connectivity index (χ3n) is 3.41. The predicted molar refractivity (Wildman–Crippen MR) is 86.3 cm³/mol. The van der Waals surface area contributed by atoms with Gasteiger partial charge in [0.1, 0.15) is 12.0 Å². The van der Waals surface area contributed by atoms with Crippen LogP contribution in [0.3, 0.4) is 0 Å². The van der Waals surface area contributed by atoms with E-state index in [2.05, 4.69) is 20.1 Å². The first-order valence-electron chi connectivity index (χ1n) is 12.2. The minimum Gasteiger partial charge on any atom is -0.346 e. The van der Waals surface area contributed by atoms with Crippen LogP contribution in [0, 0.1) is 17.2 Å². The van der Waals surface area contributed by atoms with Crippen LogP contribution in [0.25, 0.3) is 22.3 Å². The van der Waals surface area contributed by atoms with Gasteiger partial charge in [-0.25, -0.2) is 9.97 Å².